The molecule has 1 heterocycles. The predicted molar refractivity (Wildman–Crippen MR) is 85.8 cm³/mol. The average molecular weight is 371 g/mol. The zero-order valence-electron chi connectivity index (χ0n) is 13.2. The molecule has 0 spiro atoms. The average Bonchev–Trinajstić information content (AvgIpc) is 2.94. The monoisotopic (exact) mass is 370 g/mol. The van der Waals surface area contributed by atoms with E-state index in [0.717, 1.165) is 12.1 Å². The lowest BCUT2D eigenvalue weighted by atomic mass is 9.75. The number of benzene rings is 1. The van der Waals surface area contributed by atoms with Gasteiger partial charge in [0.1, 0.15) is 17.4 Å². The van der Waals surface area contributed by atoms with Crippen molar-refractivity contribution in [3.63, 3.8) is 0 Å². The zero-order valence-corrected chi connectivity index (χ0v) is 14.0. The molecule has 1 aliphatic carbocycles. The number of rotatable bonds is 6. The second kappa shape index (κ2) is 7.49. The summed E-state index contributed by atoms with van der Waals surface area (Å²) in [5.74, 6) is -1.32. The van der Waals surface area contributed by atoms with Gasteiger partial charge in [-0.3, -0.25) is 4.79 Å². The van der Waals surface area contributed by atoms with E-state index in [9.17, 15) is 18.7 Å². The molecular formula is C17H17ClF2N2O3. The topological polar surface area (TPSA) is 75.4 Å². The molecule has 1 fully saturated rings. The molecule has 134 valence electrons. The van der Waals surface area contributed by atoms with Crippen LogP contribution in [0, 0.1) is 17.6 Å². The van der Waals surface area contributed by atoms with Crippen LogP contribution in [0.4, 0.5) is 8.78 Å². The second-order valence-corrected chi connectivity index (χ2v) is 6.60. The summed E-state index contributed by atoms with van der Waals surface area (Å²) in [6.07, 6.45) is 0.875. The predicted octanol–water partition coefficient (Wildman–Crippen LogP) is 3.17. The molecule has 1 amide bonds. The standard InChI is InChI=1S/C17H17ClF2N2O3/c18-15-8-12(25-22-15)2-4-16(24)21-17(9-5-11(23)6-9)13-3-1-10(19)7-14(13)20/h1,3,7-9,11,17,23H,2,4-6H2,(H,21,24)/t9?,11?,17-/m0/s1. The quantitative estimate of drug-likeness (QED) is 0.819. The molecule has 2 aromatic rings. The van der Waals surface area contributed by atoms with E-state index in [0.29, 0.717) is 25.0 Å². The lowest BCUT2D eigenvalue weighted by Crippen LogP contribution is -2.41. The highest BCUT2D eigenvalue weighted by Gasteiger charge is 2.36. The van der Waals surface area contributed by atoms with Crippen molar-refractivity contribution in [1.82, 2.24) is 10.5 Å². The second-order valence-electron chi connectivity index (χ2n) is 6.21. The third-order valence-electron chi connectivity index (χ3n) is 4.36. The first-order valence-electron chi connectivity index (χ1n) is 7.96. The number of halogens is 3. The maximum Gasteiger partial charge on any atom is 0.220 e. The van der Waals surface area contributed by atoms with Crippen LogP contribution in [0.3, 0.4) is 0 Å². The molecule has 1 aromatic heterocycles. The highest BCUT2D eigenvalue weighted by Crippen LogP contribution is 2.39. The van der Waals surface area contributed by atoms with Crippen LogP contribution in [0.1, 0.15) is 36.6 Å². The number of nitrogens with zero attached hydrogens (tertiary/aromatic N) is 1. The molecule has 25 heavy (non-hydrogen) atoms. The fourth-order valence-corrected chi connectivity index (χ4v) is 3.15. The van der Waals surface area contributed by atoms with Crippen molar-refractivity contribution in [1.29, 1.82) is 0 Å². The molecule has 0 aliphatic heterocycles. The van der Waals surface area contributed by atoms with Crippen molar-refractivity contribution in [2.24, 2.45) is 5.92 Å². The molecule has 3 rings (SSSR count). The summed E-state index contributed by atoms with van der Waals surface area (Å²) in [5, 5.41) is 16.0. The van der Waals surface area contributed by atoms with Gasteiger partial charge in [0.05, 0.1) is 12.1 Å². The van der Waals surface area contributed by atoms with Crippen molar-refractivity contribution >= 4 is 17.5 Å². The Kier molecular flexibility index (Phi) is 5.34. The molecular weight excluding hydrogens is 354 g/mol. The number of aromatic nitrogens is 1. The highest BCUT2D eigenvalue weighted by atomic mass is 35.5. The first-order valence-corrected chi connectivity index (χ1v) is 8.33. The van der Waals surface area contributed by atoms with E-state index in [4.69, 9.17) is 16.1 Å². The maximum atomic E-state index is 14.1. The van der Waals surface area contributed by atoms with E-state index in [1.165, 1.54) is 12.1 Å². The van der Waals surface area contributed by atoms with Gasteiger partial charge in [0.25, 0.3) is 0 Å². The molecule has 0 radical (unpaired) electrons. The van der Waals surface area contributed by atoms with E-state index >= 15 is 0 Å². The summed E-state index contributed by atoms with van der Waals surface area (Å²) in [7, 11) is 0. The summed E-state index contributed by atoms with van der Waals surface area (Å²) in [6, 6.07) is 4.18. The number of carbonyl (C=O) groups is 1. The maximum absolute atomic E-state index is 14.1. The number of hydrogen-bond acceptors (Lipinski definition) is 4. The Morgan fingerprint density at radius 2 is 2.16 bits per heavy atom. The fraction of sp³-hybridized carbons (Fsp3) is 0.412. The smallest absolute Gasteiger partial charge is 0.220 e. The minimum Gasteiger partial charge on any atom is -0.393 e. The third kappa shape index (κ3) is 4.35. The van der Waals surface area contributed by atoms with Gasteiger partial charge in [-0.1, -0.05) is 22.8 Å². The zero-order chi connectivity index (χ0) is 18.0. The summed E-state index contributed by atoms with van der Waals surface area (Å²) >= 11 is 5.65. The van der Waals surface area contributed by atoms with Crippen molar-refractivity contribution in [3.8, 4) is 0 Å². The molecule has 0 saturated heterocycles. The SMILES string of the molecule is O=C(CCc1cc(Cl)no1)N[C@H](c1ccc(F)cc1F)C1CC(O)C1. The lowest BCUT2D eigenvalue weighted by molar-refractivity contribution is -0.123. The van der Waals surface area contributed by atoms with E-state index in [1.807, 2.05) is 0 Å². The van der Waals surface area contributed by atoms with Gasteiger partial charge >= 0.3 is 0 Å². The minimum atomic E-state index is -0.714. The highest BCUT2D eigenvalue weighted by molar-refractivity contribution is 6.29. The van der Waals surface area contributed by atoms with Crippen LogP contribution >= 0.6 is 11.6 Å². The molecule has 1 aliphatic rings. The van der Waals surface area contributed by atoms with Crippen LogP contribution in [0.2, 0.25) is 5.15 Å². The van der Waals surface area contributed by atoms with Gasteiger partial charge < -0.3 is 14.9 Å². The van der Waals surface area contributed by atoms with Gasteiger partial charge in [0.15, 0.2) is 5.15 Å². The number of hydrogen-bond donors (Lipinski definition) is 2. The minimum absolute atomic E-state index is 0.0985. The summed E-state index contributed by atoms with van der Waals surface area (Å²) in [6.45, 7) is 0. The van der Waals surface area contributed by atoms with Crippen molar-refractivity contribution in [2.45, 2.75) is 37.8 Å². The Balaban J connectivity index is 1.68. The lowest BCUT2D eigenvalue weighted by Gasteiger charge is -2.38. The number of aliphatic hydroxyl groups excluding tert-OH is 1. The van der Waals surface area contributed by atoms with Gasteiger partial charge in [-0.2, -0.15) is 0 Å². The first-order chi connectivity index (χ1) is 11.9. The molecule has 8 heteroatoms. The molecule has 1 atom stereocenters. The third-order valence-corrected chi connectivity index (χ3v) is 4.54. The van der Waals surface area contributed by atoms with Gasteiger partial charge in [-0.05, 0) is 24.8 Å². The van der Waals surface area contributed by atoms with Crippen LogP contribution < -0.4 is 5.32 Å². The van der Waals surface area contributed by atoms with Crippen LogP contribution in [0.15, 0.2) is 28.8 Å². The molecule has 0 unspecified atom stereocenters. The Bertz CT molecular complexity index is 762. The largest absolute Gasteiger partial charge is 0.393 e. The Morgan fingerprint density at radius 1 is 1.40 bits per heavy atom. The van der Waals surface area contributed by atoms with Crippen LogP contribution in [0.25, 0.3) is 0 Å². The van der Waals surface area contributed by atoms with Gasteiger partial charge in [0, 0.05) is 30.5 Å². The van der Waals surface area contributed by atoms with Crippen molar-refractivity contribution in [2.75, 3.05) is 0 Å². The fourth-order valence-electron chi connectivity index (χ4n) is 2.99. The molecule has 1 saturated carbocycles. The first kappa shape index (κ1) is 17.8. The molecule has 2 N–H and O–H groups in total. The number of aryl methyl sites for hydroxylation is 1. The molecule has 0 bridgehead atoms. The van der Waals surface area contributed by atoms with Crippen LogP contribution in [-0.2, 0) is 11.2 Å². The number of amides is 1. The molecule has 1 aromatic carbocycles. The van der Waals surface area contributed by atoms with Crippen LogP contribution in [0.5, 0.6) is 0 Å². The van der Waals surface area contributed by atoms with E-state index in [-0.39, 0.29) is 29.0 Å². The summed E-state index contributed by atoms with van der Waals surface area (Å²) in [4.78, 5) is 12.2. The van der Waals surface area contributed by atoms with Crippen LogP contribution in [-0.4, -0.2) is 22.3 Å². The van der Waals surface area contributed by atoms with E-state index < -0.39 is 23.8 Å². The number of aliphatic hydroxyl groups is 1. The Hall–Kier alpha value is -1.99. The van der Waals surface area contributed by atoms with Gasteiger partial charge in [0.2, 0.25) is 5.91 Å². The summed E-state index contributed by atoms with van der Waals surface area (Å²) < 4.78 is 32.2. The number of nitrogens with one attached hydrogen (secondary N) is 1. The van der Waals surface area contributed by atoms with Crippen molar-refractivity contribution < 1.29 is 23.2 Å². The normalized spacial score (nSPS) is 20.8. The summed E-state index contributed by atoms with van der Waals surface area (Å²) in [5.41, 5.74) is 0.217. The number of carbonyl (C=O) groups excluding carboxylic acids is 1. The Labute approximate surface area is 148 Å². The van der Waals surface area contributed by atoms with Gasteiger partial charge in [-0.15, -0.1) is 0 Å². The Morgan fingerprint density at radius 3 is 2.76 bits per heavy atom. The molecule has 5 nitrogen and oxygen atoms in total. The van der Waals surface area contributed by atoms with E-state index in [1.54, 1.807) is 0 Å². The van der Waals surface area contributed by atoms with Gasteiger partial charge in [-0.25, -0.2) is 8.78 Å². The van der Waals surface area contributed by atoms with Crippen molar-refractivity contribution in [3.05, 3.63) is 52.4 Å². The van der Waals surface area contributed by atoms with E-state index in [2.05, 4.69) is 10.5 Å².